The summed E-state index contributed by atoms with van der Waals surface area (Å²) in [5.41, 5.74) is 0. The average molecular weight is 346 g/mol. The number of oxazole rings is 1. The Balaban J connectivity index is 1.43. The van der Waals surface area contributed by atoms with E-state index in [0.29, 0.717) is 19.1 Å². The Morgan fingerprint density at radius 3 is 3.08 bits per heavy atom. The Hall–Kier alpha value is -2.12. The Morgan fingerprint density at radius 2 is 2.40 bits per heavy atom. The summed E-state index contributed by atoms with van der Waals surface area (Å²) in [6.07, 6.45) is 4.40. The molecule has 0 unspecified atom stereocenters. The third kappa shape index (κ3) is 4.70. The SMILES string of the molecule is Cc1cnc(CN(C)[C@@H]2CCN(CC(=O)N[C@H](C)c3ccco3)C2)o1. The highest BCUT2D eigenvalue weighted by atomic mass is 16.4. The summed E-state index contributed by atoms with van der Waals surface area (Å²) < 4.78 is 10.9. The van der Waals surface area contributed by atoms with Gasteiger partial charge in [-0.1, -0.05) is 0 Å². The number of carbonyl (C=O) groups excluding carboxylic acids is 1. The van der Waals surface area contributed by atoms with Crippen LogP contribution in [-0.2, 0) is 11.3 Å². The highest BCUT2D eigenvalue weighted by Crippen LogP contribution is 2.17. The number of likely N-dealkylation sites (N-methyl/N-ethyl adjacent to an activating group) is 1. The molecule has 0 aromatic carbocycles. The fraction of sp³-hybridized carbons (Fsp3) is 0.556. The number of hydrogen-bond donors (Lipinski definition) is 1. The lowest BCUT2D eigenvalue weighted by Gasteiger charge is -2.23. The van der Waals surface area contributed by atoms with Gasteiger partial charge >= 0.3 is 0 Å². The minimum Gasteiger partial charge on any atom is -0.467 e. The van der Waals surface area contributed by atoms with E-state index >= 15 is 0 Å². The van der Waals surface area contributed by atoms with Crippen LogP contribution in [0.3, 0.4) is 0 Å². The molecule has 0 saturated carbocycles. The van der Waals surface area contributed by atoms with Crippen LogP contribution in [0.2, 0.25) is 0 Å². The normalized spacial score (nSPS) is 19.4. The van der Waals surface area contributed by atoms with Crippen molar-refractivity contribution >= 4 is 5.91 Å². The Labute approximate surface area is 148 Å². The zero-order valence-electron chi connectivity index (χ0n) is 15.1. The molecule has 0 bridgehead atoms. The first-order valence-electron chi connectivity index (χ1n) is 8.68. The predicted octanol–water partition coefficient (Wildman–Crippen LogP) is 1.96. The van der Waals surface area contributed by atoms with E-state index in [1.807, 2.05) is 26.0 Å². The molecule has 0 radical (unpaired) electrons. The van der Waals surface area contributed by atoms with E-state index in [4.69, 9.17) is 8.83 Å². The number of rotatable bonds is 7. The summed E-state index contributed by atoms with van der Waals surface area (Å²) in [6.45, 7) is 6.72. The third-order valence-corrected chi connectivity index (χ3v) is 4.64. The summed E-state index contributed by atoms with van der Waals surface area (Å²) >= 11 is 0. The number of nitrogens with zero attached hydrogens (tertiary/aromatic N) is 3. The van der Waals surface area contributed by atoms with Gasteiger partial charge in [-0.25, -0.2) is 4.98 Å². The van der Waals surface area contributed by atoms with Crippen LogP contribution >= 0.6 is 0 Å². The van der Waals surface area contributed by atoms with E-state index in [9.17, 15) is 4.79 Å². The molecule has 0 aliphatic carbocycles. The van der Waals surface area contributed by atoms with Crippen LogP contribution < -0.4 is 5.32 Å². The maximum atomic E-state index is 12.2. The number of furan rings is 1. The van der Waals surface area contributed by atoms with Crippen molar-refractivity contribution in [1.82, 2.24) is 20.1 Å². The molecule has 136 valence electrons. The van der Waals surface area contributed by atoms with Gasteiger partial charge in [0.2, 0.25) is 11.8 Å². The van der Waals surface area contributed by atoms with Crippen LogP contribution in [0, 0.1) is 6.92 Å². The van der Waals surface area contributed by atoms with Gasteiger partial charge in [-0.3, -0.25) is 14.6 Å². The van der Waals surface area contributed by atoms with Crippen molar-refractivity contribution in [3.63, 3.8) is 0 Å². The molecule has 25 heavy (non-hydrogen) atoms. The van der Waals surface area contributed by atoms with Crippen LogP contribution in [0.4, 0.5) is 0 Å². The van der Waals surface area contributed by atoms with Gasteiger partial charge in [-0.05, 0) is 39.4 Å². The summed E-state index contributed by atoms with van der Waals surface area (Å²) in [7, 11) is 2.08. The van der Waals surface area contributed by atoms with Gasteiger partial charge in [0.1, 0.15) is 11.5 Å². The van der Waals surface area contributed by atoms with Gasteiger partial charge in [-0.15, -0.1) is 0 Å². The first kappa shape index (κ1) is 17.7. The van der Waals surface area contributed by atoms with E-state index in [-0.39, 0.29) is 11.9 Å². The molecule has 3 rings (SSSR count). The molecule has 2 atom stereocenters. The Morgan fingerprint density at radius 1 is 1.56 bits per heavy atom. The zero-order valence-corrected chi connectivity index (χ0v) is 15.1. The van der Waals surface area contributed by atoms with Crippen LogP contribution in [0.5, 0.6) is 0 Å². The van der Waals surface area contributed by atoms with Crippen LogP contribution in [0.25, 0.3) is 0 Å². The van der Waals surface area contributed by atoms with E-state index in [2.05, 4.69) is 27.1 Å². The lowest BCUT2D eigenvalue weighted by molar-refractivity contribution is -0.122. The monoisotopic (exact) mass is 346 g/mol. The second-order valence-electron chi connectivity index (χ2n) is 6.76. The van der Waals surface area contributed by atoms with E-state index in [1.54, 1.807) is 12.5 Å². The maximum absolute atomic E-state index is 12.2. The van der Waals surface area contributed by atoms with Gasteiger partial charge < -0.3 is 14.2 Å². The molecule has 1 aliphatic rings. The maximum Gasteiger partial charge on any atom is 0.234 e. The van der Waals surface area contributed by atoms with E-state index < -0.39 is 0 Å². The van der Waals surface area contributed by atoms with E-state index in [0.717, 1.165) is 36.9 Å². The first-order valence-corrected chi connectivity index (χ1v) is 8.68. The van der Waals surface area contributed by atoms with Gasteiger partial charge in [0.25, 0.3) is 0 Å². The fourth-order valence-electron chi connectivity index (χ4n) is 3.23. The largest absolute Gasteiger partial charge is 0.467 e. The second-order valence-corrected chi connectivity index (χ2v) is 6.76. The molecule has 1 saturated heterocycles. The molecule has 1 amide bonds. The minimum absolute atomic E-state index is 0.0236. The predicted molar refractivity (Wildman–Crippen MR) is 92.8 cm³/mol. The minimum atomic E-state index is -0.114. The third-order valence-electron chi connectivity index (χ3n) is 4.64. The first-order chi connectivity index (χ1) is 12.0. The van der Waals surface area contributed by atoms with Crippen molar-refractivity contribution in [3.05, 3.63) is 42.0 Å². The van der Waals surface area contributed by atoms with Crippen LogP contribution in [0.1, 0.15) is 36.8 Å². The second kappa shape index (κ2) is 7.84. The van der Waals surface area contributed by atoms with Crippen LogP contribution in [0.15, 0.2) is 33.4 Å². The topological polar surface area (TPSA) is 74.8 Å². The van der Waals surface area contributed by atoms with Crippen LogP contribution in [-0.4, -0.2) is 53.4 Å². The molecule has 2 aromatic rings. The van der Waals surface area contributed by atoms with Crippen molar-refractivity contribution in [3.8, 4) is 0 Å². The molecule has 0 spiro atoms. The number of aromatic nitrogens is 1. The van der Waals surface area contributed by atoms with E-state index in [1.165, 1.54) is 0 Å². The molecule has 1 aliphatic heterocycles. The average Bonchev–Trinajstić information content (AvgIpc) is 3.28. The quantitative estimate of drug-likeness (QED) is 0.826. The Bertz CT molecular complexity index is 682. The lowest BCUT2D eigenvalue weighted by atomic mass is 10.2. The summed E-state index contributed by atoms with van der Waals surface area (Å²) in [4.78, 5) is 20.9. The number of nitrogens with one attached hydrogen (secondary N) is 1. The Kier molecular flexibility index (Phi) is 5.55. The fourth-order valence-corrected chi connectivity index (χ4v) is 3.23. The standard InChI is InChI=1S/C18H26N4O3/c1-13-9-19-18(25-13)12-21(3)15-6-7-22(10-15)11-17(23)20-14(2)16-5-4-8-24-16/h4-5,8-9,14-15H,6-7,10-12H2,1-3H3,(H,20,23)/t14-,15-/m1/s1. The summed E-state index contributed by atoms with van der Waals surface area (Å²) in [5.74, 6) is 2.37. The van der Waals surface area contributed by atoms with Crippen molar-refractivity contribution < 1.29 is 13.6 Å². The van der Waals surface area contributed by atoms with Gasteiger partial charge in [-0.2, -0.15) is 0 Å². The number of aryl methyl sites for hydroxylation is 1. The molecule has 7 nitrogen and oxygen atoms in total. The number of carbonyl (C=O) groups is 1. The van der Waals surface area contributed by atoms with Crippen molar-refractivity contribution in [2.75, 3.05) is 26.7 Å². The van der Waals surface area contributed by atoms with Gasteiger partial charge in [0.15, 0.2) is 0 Å². The number of hydrogen-bond acceptors (Lipinski definition) is 6. The molecule has 3 heterocycles. The molecular weight excluding hydrogens is 320 g/mol. The smallest absolute Gasteiger partial charge is 0.234 e. The summed E-state index contributed by atoms with van der Waals surface area (Å²) in [5, 5.41) is 2.98. The lowest BCUT2D eigenvalue weighted by Crippen LogP contribution is -2.39. The number of likely N-dealkylation sites (tertiary alicyclic amines) is 1. The van der Waals surface area contributed by atoms with Gasteiger partial charge in [0, 0.05) is 19.1 Å². The molecule has 7 heteroatoms. The van der Waals surface area contributed by atoms with Gasteiger partial charge in [0.05, 0.1) is 31.6 Å². The summed E-state index contributed by atoms with van der Waals surface area (Å²) in [6, 6.07) is 3.99. The molecular formula is C18H26N4O3. The van der Waals surface area contributed by atoms with Crippen molar-refractivity contribution in [2.45, 2.75) is 38.9 Å². The molecule has 1 N–H and O–H groups in total. The molecule has 2 aromatic heterocycles. The highest BCUT2D eigenvalue weighted by molar-refractivity contribution is 5.78. The van der Waals surface area contributed by atoms with Crippen molar-refractivity contribution in [1.29, 1.82) is 0 Å². The zero-order chi connectivity index (χ0) is 17.8. The van der Waals surface area contributed by atoms with Crippen molar-refractivity contribution in [2.24, 2.45) is 0 Å². The highest BCUT2D eigenvalue weighted by Gasteiger charge is 2.28. The number of amides is 1. The molecule has 1 fully saturated rings.